The lowest BCUT2D eigenvalue weighted by atomic mass is 9.92. The number of nitrogens with zero attached hydrogens (tertiary/aromatic N) is 2. The van der Waals surface area contributed by atoms with Crippen molar-refractivity contribution < 1.29 is 9.59 Å². The minimum atomic E-state index is 0.120. The number of piperidine rings is 2. The minimum absolute atomic E-state index is 0.120. The molecule has 3 aromatic carbocycles. The third-order valence-corrected chi connectivity index (χ3v) is 7.74. The standard InChI is InChI=1S/C30H35N3O2/c34-29(31-18-13-23-7-2-1-3-8-23)25-14-19-32(20-15-25)26-16-21-33(22-17-26)30(35)28-12-6-10-24-9-4-5-11-27(24)28/h1-12,25-26H,13-22H2,(H,31,34). The molecule has 5 heteroatoms. The first kappa shape index (κ1) is 23.6. The van der Waals surface area contributed by atoms with Crippen LogP contribution in [0.25, 0.3) is 10.8 Å². The van der Waals surface area contributed by atoms with E-state index in [0.29, 0.717) is 12.6 Å². The fourth-order valence-electron chi connectivity index (χ4n) is 5.66. The molecule has 2 heterocycles. The molecule has 2 aliphatic heterocycles. The average Bonchev–Trinajstić information content (AvgIpc) is 2.93. The Morgan fingerprint density at radius 1 is 0.771 bits per heavy atom. The number of rotatable bonds is 6. The molecule has 0 aromatic heterocycles. The largest absolute Gasteiger partial charge is 0.356 e. The molecule has 0 radical (unpaired) electrons. The van der Waals surface area contributed by atoms with Crippen LogP contribution in [0, 0.1) is 5.92 Å². The fourth-order valence-corrected chi connectivity index (χ4v) is 5.66. The van der Waals surface area contributed by atoms with Crippen LogP contribution in [0.2, 0.25) is 0 Å². The van der Waals surface area contributed by atoms with Gasteiger partial charge in [0.2, 0.25) is 5.91 Å². The Labute approximate surface area is 208 Å². The highest BCUT2D eigenvalue weighted by molar-refractivity contribution is 6.07. The zero-order valence-electron chi connectivity index (χ0n) is 20.4. The highest BCUT2D eigenvalue weighted by Crippen LogP contribution is 2.26. The van der Waals surface area contributed by atoms with Crippen LogP contribution in [0.1, 0.15) is 41.6 Å². The van der Waals surface area contributed by atoms with Crippen LogP contribution >= 0.6 is 0 Å². The molecule has 0 unspecified atom stereocenters. The van der Waals surface area contributed by atoms with E-state index in [-0.39, 0.29) is 17.7 Å². The van der Waals surface area contributed by atoms with E-state index in [1.54, 1.807) is 0 Å². The van der Waals surface area contributed by atoms with Gasteiger partial charge in [-0.05, 0) is 67.6 Å². The van der Waals surface area contributed by atoms with Gasteiger partial charge in [0.05, 0.1) is 0 Å². The fraction of sp³-hybridized carbons (Fsp3) is 0.400. The van der Waals surface area contributed by atoms with Gasteiger partial charge in [-0.3, -0.25) is 9.59 Å². The number of fused-ring (bicyclic) bond motifs is 1. The molecule has 0 bridgehead atoms. The van der Waals surface area contributed by atoms with E-state index in [1.165, 1.54) is 5.56 Å². The topological polar surface area (TPSA) is 52.7 Å². The van der Waals surface area contributed by atoms with Gasteiger partial charge in [0.1, 0.15) is 0 Å². The van der Waals surface area contributed by atoms with E-state index < -0.39 is 0 Å². The summed E-state index contributed by atoms with van der Waals surface area (Å²) in [6, 6.07) is 24.9. The summed E-state index contributed by atoms with van der Waals surface area (Å²) in [6.07, 6.45) is 4.73. The highest BCUT2D eigenvalue weighted by Gasteiger charge is 2.32. The maximum Gasteiger partial charge on any atom is 0.254 e. The van der Waals surface area contributed by atoms with Crippen molar-refractivity contribution in [2.45, 2.75) is 38.1 Å². The molecule has 1 N–H and O–H groups in total. The van der Waals surface area contributed by atoms with Crippen LogP contribution in [-0.2, 0) is 11.2 Å². The van der Waals surface area contributed by atoms with Gasteiger partial charge in [-0.25, -0.2) is 0 Å². The number of hydrogen-bond acceptors (Lipinski definition) is 3. The van der Waals surface area contributed by atoms with Crippen molar-refractivity contribution in [3.8, 4) is 0 Å². The lowest BCUT2D eigenvalue weighted by Crippen LogP contribution is -2.50. The van der Waals surface area contributed by atoms with Crippen molar-refractivity contribution in [3.63, 3.8) is 0 Å². The van der Waals surface area contributed by atoms with Gasteiger partial charge in [0, 0.05) is 37.2 Å². The lowest BCUT2D eigenvalue weighted by molar-refractivity contribution is -0.126. The Hall–Kier alpha value is -3.18. The summed E-state index contributed by atoms with van der Waals surface area (Å²) < 4.78 is 0. The first-order valence-electron chi connectivity index (χ1n) is 13.0. The minimum Gasteiger partial charge on any atom is -0.356 e. The number of benzene rings is 3. The summed E-state index contributed by atoms with van der Waals surface area (Å²) in [4.78, 5) is 30.5. The number of likely N-dealkylation sites (tertiary alicyclic amines) is 2. The summed E-state index contributed by atoms with van der Waals surface area (Å²) in [7, 11) is 0. The van der Waals surface area contributed by atoms with Crippen LogP contribution in [0.15, 0.2) is 72.8 Å². The average molecular weight is 470 g/mol. The van der Waals surface area contributed by atoms with E-state index in [2.05, 4.69) is 34.5 Å². The predicted molar refractivity (Wildman–Crippen MR) is 140 cm³/mol. The van der Waals surface area contributed by atoms with Gasteiger partial charge < -0.3 is 15.1 Å². The van der Waals surface area contributed by atoms with Crippen LogP contribution in [0.3, 0.4) is 0 Å². The van der Waals surface area contributed by atoms with Crippen LogP contribution in [0.5, 0.6) is 0 Å². The van der Waals surface area contributed by atoms with Crippen LogP contribution in [-0.4, -0.2) is 60.4 Å². The zero-order valence-corrected chi connectivity index (χ0v) is 20.4. The molecular weight excluding hydrogens is 434 g/mol. The van der Waals surface area contributed by atoms with E-state index in [4.69, 9.17) is 0 Å². The quantitative estimate of drug-likeness (QED) is 0.578. The molecule has 2 aliphatic rings. The van der Waals surface area contributed by atoms with Crippen molar-refractivity contribution in [2.24, 2.45) is 5.92 Å². The normalized spacial score (nSPS) is 18.0. The molecule has 35 heavy (non-hydrogen) atoms. The Balaban J connectivity index is 1.07. The monoisotopic (exact) mass is 469 g/mol. The number of carbonyl (C=O) groups is 2. The first-order chi connectivity index (χ1) is 17.2. The molecule has 182 valence electrons. The molecule has 3 aromatic rings. The third-order valence-electron chi connectivity index (χ3n) is 7.74. The van der Waals surface area contributed by atoms with E-state index in [0.717, 1.165) is 74.6 Å². The third kappa shape index (κ3) is 5.57. The Bertz CT molecular complexity index is 1140. The molecule has 2 saturated heterocycles. The molecule has 0 spiro atoms. The maximum atomic E-state index is 13.3. The number of amides is 2. The number of hydrogen-bond donors (Lipinski definition) is 1. The second-order valence-corrected chi connectivity index (χ2v) is 9.89. The second kappa shape index (κ2) is 11.0. The molecule has 2 fully saturated rings. The second-order valence-electron chi connectivity index (χ2n) is 9.89. The molecular formula is C30H35N3O2. The van der Waals surface area contributed by atoms with Crippen LogP contribution in [0.4, 0.5) is 0 Å². The van der Waals surface area contributed by atoms with E-state index in [9.17, 15) is 9.59 Å². The number of carbonyl (C=O) groups excluding carboxylic acids is 2. The molecule has 0 saturated carbocycles. The number of nitrogens with one attached hydrogen (secondary N) is 1. The Kier molecular flexibility index (Phi) is 7.43. The van der Waals surface area contributed by atoms with Gasteiger partial charge in [-0.2, -0.15) is 0 Å². The van der Waals surface area contributed by atoms with E-state index >= 15 is 0 Å². The maximum absolute atomic E-state index is 13.3. The van der Waals surface area contributed by atoms with Gasteiger partial charge in [-0.1, -0.05) is 66.7 Å². The van der Waals surface area contributed by atoms with Crippen molar-refractivity contribution in [3.05, 3.63) is 83.9 Å². The van der Waals surface area contributed by atoms with Gasteiger partial charge in [0.25, 0.3) is 5.91 Å². The first-order valence-corrected chi connectivity index (χ1v) is 13.0. The molecule has 2 amide bonds. The summed E-state index contributed by atoms with van der Waals surface area (Å²) in [5, 5.41) is 5.28. The van der Waals surface area contributed by atoms with Crippen molar-refractivity contribution in [2.75, 3.05) is 32.7 Å². The van der Waals surface area contributed by atoms with Crippen molar-refractivity contribution in [1.29, 1.82) is 0 Å². The Morgan fingerprint density at radius 2 is 1.46 bits per heavy atom. The smallest absolute Gasteiger partial charge is 0.254 e. The van der Waals surface area contributed by atoms with Gasteiger partial charge >= 0.3 is 0 Å². The molecule has 0 atom stereocenters. The summed E-state index contributed by atoms with van der Waals surface area (Å²) in [5.41, 5.74) is 2.06. The van der Waals surface area contributed by atoms with Crippen LogP contribution < -0.4 is 5.32 Å². The lowest BCUT2D eigenvalue weighted by Gasteiger charge is -2.41. The van der Waals surface area contributed by atoms with Crippen molar-refractivity contribution >= 4 is 22.6 Å². The van der Waals surface area contributed by atoms with Gasteiger partial charge in [-0.15, -0.1) is 0 Å². The summed E-state index contributed by atoms with van der Waals surface area (Å²) >= 11 is 0. The highest BCUT2D eigenvalue weighted by atomic mass is 16.2. The Morgan fingerprint density at radius 3 is 2.23 bits per heavy atom. The molecule has 5 nitrogen and oxygen atoms in total. The summed E-state index contributed by atoms with van der Waals surface area (Å²) in [6.45, 7) is 4.24. The predicted octanol–water partition coefficient (Wildman–Crippen LogP) is 4.52. The van der Waals surface area contributed by atoms with Crippen molar-refractivity contribution in [1.82, 2.24) is 15.1 Å². The molecule has 5 rings (SSSR count). The molecule has 0 aliphatic carbocycles. The zero-order chi connectivity index (χ0) is 24.0. The van der Waals surface area contributed by atoms with Gasteiger partial charge in [0.15, 0.2) is 0 Å². The SMILES string of the molecule is O=C(NCCc1ccccc1)C1CCN(C2CCN(C(=O)c3cccc4ccccc34)CC2)CC1. The summed E-state index contributed by atoms with van der Waals surface area (Å²) in [5.74, 6) is 0.470. The van der Waals surface area contributed by atoms with E-state index in [1.807, 2.05) is 53.4 Å².